The summed E-state index contributed by atoms with van der Waals surface area (Å²) in [6, 6.07) is 14.7. The number of carbonyl (C=O) groups excluding carboxylic acids is 3. The third-order valence-corrected chi connectivity index (χ3v) is 5.99. The van der Waals surface area contributed by atoms with Gasteiger partial charge in [0.1, 0.15) is 18.9 Å². The van der Waals surface area contributed by atoms with Gasteiger partial charge in [-0.1, -0.05) is 24.3 Å². The lowest BCUT2D eigenvalue weighted by atomic mass is 10.1. The SMILES string of the molecule is CCOC(=O)CN1C(=O)S/C(=C/c2ccc(OCc3ccccc3C#N)c(I)c2)C1=O. The van der Waals surface area contributed by atoms with Crippen molar-refractivity contribution in [3.8, 4) is 11.8 Å². The maximum absolute atomic E-state index is 12.5. The largest absolute Gasteiger partial charge is 0.488 e. The van der Waals surface area contributed by atoms with Crippen LogP contribution in [0.4, 0.5) is 4.79 Å². The first-order chi connectivity index (χ1) is 14.9. The second-order valence-corrected chi connectivity index (χ2v) is 8.48. The minimum atomic E-state index is -0.625. The molecule has 0 atom stereocenters. The van der Waals surface area contributed by atoms with Gasteiger partial charge in [0, 0.05) is 5.56 Å². The molecular weight excluding hydrogens is 531 g/mol. The Hall–Kier alpha value is -2.84. The summed E-state index contributed by atoms with van der Waals surface area (Å²) in [5.41, 5.74) is 2.07. The van der Waals surface area contributed by atoms with Crippen molar-refractivity contribution >= 4 is 57.5 Å². The summed E-state index contributed by atoms with van der Waals surface area (Å²) >= 11 is 2.91. The molecule has 9 heteroatoms. The number of esters is 1. The number of amides is 2. The maximum Gasteiger partial charge on any atom is 0.326 e. The average Bonchev–Trinajstić information content (AvgIpc) is 3.01. The van der Waals surface area contributed by atoms with E-state index in [2.05, 4.69) is 28.7 Å². The predicted octanol–water partition coefficient (Wildman–Crippen LogP) is 4.34. The molecule has 2 amide bonds. The molecule has 0 aromatic heterocycles. The highest BCUT2D eigenvalue weighted by atomic mass is 127. The molecule has 0 radical (unpaired) electrons. The van der Waals surface area contributed by atoms with E-state index in [1.165, 1.54) is 0 Å². The molecule has 2 aromatic rings. The van der Waals surface area contributed by atoms with Crippen molar-refractivity contribution in [3.05, 3.63) is 67.6 Å². The summed E-state index contributed by atoms with van der Waals surface area (Å²) in [6.45, 7) is 1.69. The van der Waals surface area contributed by atoms with E-state index >= 15 is 0 Å². The number of hydrogen-bond donors (Lipinski definition) is 0. The summed E-state index contributed by atoms with van der Waals surface area (Å²) in [6.07, 6.45) is 1.60. The summed E-state index contributed by atoms with van der Waals surface area (Å²) in [4.78, 5) is 37.3. The van der Waals surface area contributed by atoms with Crippen LogP contribution in [0.25, 0.3) is 6.08 Å². The van der Waals surface area contributed by atoms with Gasteiger partial charge in [-0.15, -0.1) is 0 Å². The first-order valence-electron chi connectivity index (χ1n) is 9.24. The molecule has 1 aliphatic rings. The van der Waals surface area contributed by atoms with Crippen LogP contribution in [0.5, 0.6) is 5.75 Å². The van der Waals surface area contributed by atoms with Gasteiger partial charge in [0.05, 0.1) is 26.7 Å². The summed E-state index contributed by atoms with van der Waals surface area (Å²) in [5.74, 6) is -0.507. The molecule has 0 aliphatic carbocycles. The molecular formula is C22H17IN2O5S. The molecule has 31 heavy (non-hydrogen) atoms. The van der Waals surface area contributed by atoms with Crippen LogP contribution in [-0.4, -0.2) is 35.2 Å². The Morgan fingerprint density at radius 3 is 2.74 bits per heavy atom. The minimum Gasteiger partial charge on any atom is -0.488 e. The Morgan fingerprint density at radius 2 is 2.03 bits per heavy atom. The van der Waals surface area contributed by atoms with Gasteiger partial charge >= 0.3 is 5.97 Å². The lowest BCUT2D eigenvalue weighted by Crippen LogP contribution is -2.34. The Labute approximate surface area is 197 Å². The fourth-order valence-electron chi connectivity index (χ4n) is 2.76. The van der Waals surface area contributed by atoms with E-state index < -0.39 is 23.7 Å². The maximum atomic E-state index is 12.5. The van der Waals surface area contributed by atoms with Crippen LogP contribution in [0.15, 0.2) is 47.4 Å². The van der Waals surface area contributed by atoms with E-state index in [0.29, 0.717) is 11.3 Å². The van der Waals surface area contributed by atoms with Crippen molar-refractivity contribution in [3.63, 3.8) is 0 Å². The smallest absolute Gasteiger partial charge is 0.326 e. The van der Waals surface area contributed by atoms with E-state index in [1.807, 2.05) is 18.2 Å². The third-order valence-electron chi connectivity index (χ3n) is 4.24. The topological polar surface area (TPSA) is 96.7 Å². The van der Waals surface area contributed by atoms with Crippen molar-refractivity contribution in [2.45, 2.75) is 13.5 Å². The molecule has 0 bridgehead atoms. The number of nitriles is 1. The third kappa shape index (κ3) is 5.65. The quantitative estimate of drug-likeness (QED) is 0.289. The van der Waals surface area contributed by atoms with Crippen molar-refractivity contribution < 1.29 is 23.9 Å². The first kappa shape index (κ1) is 22.8. The number of imide groups is 1. The van der Waals surface area contributed by atoms with Crippen LogP contribution < -0.4 is 4.74 Å². The zero-order valence-electron chi connectivity index (χ0n) is 16.5. The van der Waals surface area contributed by atoms with Gasteiger partial charge in [-0.25, -0.2) is 0 Å². The van der Waals surface area contributed by atoms with Crippen molar-refractivity contribution in [1.29, 1.82) is 5.26 Å². The van der Waals surface area contributed by atoms with Gasteiger partial charge in [-0.2, -0.15) is 5.26 Å². The fraction of sp³-hybridized carbons (Fsp3) is 0.182. The second kappa shape index (κ2) is 10.5. The van der Waals surface area contributed by atoms with E-state index in [0.717, 1.165) is 31.4 Å². The van der Waals surface area contributed by atoms with E-state index in [4.69, 9.17) is 9.47 Å². The summed E-state index contributed by atoms with van der Waals surface area (Å²) in [5, 5.41) is 8.68. The zero-order valence-corrected chi connectivity index (χ0v) is 19.4. The van der Waals surface area contributed by atoms with Gasteiger partial charge in [0.25, 0.3) is 11.1 Å². The lowest BCUT2D eigenvalue weighted by Gasteiger charge is -2.11. The van der Waals surface area contributed by atoms with Gasteiger partial charge in [-0.3, -0.25) is 19.3 Å². The fourth-order valence-corrected chi connectivity index (χ4v) is 4.29. The minimum absolute atomic E-state index is 0.180. The Kier molecular flexibility index (Phi) is 7.70. The monoisotopic (exact) mass is 548 g/mol. The second-order valence-electron chi connectivity index (χ2n) is 6.32. The van der Waals surface area contributed by atoms with Crippen LogP contribution in [-0.2, 0) is 20.9 Å². The molecule has 1 aliphatic heterocycles. The zero-order chi connectivity index (χ0) is 22.4. The van der Waals surface area contributed by atoms with Crippen LogP contribution in [0, 0.1) is 14.9 Å². The molecule has 0 saturated carbocycles. The number of benzene rings is 2. The number of halogens is 1. The van der Waals surface area contributed by atoms with Crippen LogP contribution in [0.3, 0.4) is 0 Å². The van der Waals surface area contributed by atoms with Crippen molar-refractivity contribution in [1.82, 2.24) is 4.90 Å². The number of rotatable bonds is 7. The molecule has 0 unspecified atom stereocenters. The number of carbonyl (C=O) groups is 3. The first-order valence-corrected chi connectivity index (χ1v) is 11.1. The van der Waals surface area contributed by atoms with Crippen molar-refractivity contribution in [2.24, 2.45) is 0 Å². The van der Waals surface area contributed by atoms with Gasteiger partial charge < -0.3 is 9.47 Å². The summed E-state index contributed by atoms with van der Waals surface area (Å²) < 4.78 is 11.5. The molecule has 1 heterocycles. The van der Waals surface area contributed by atoms with Crippen LogP contribution in [0.1, 0.15) is 23.6 Å². The molecule has 3 rings (SSSR count). The molecule has 2 aromatic carbocycles. The van der Waals surface area contributed by atoms with Crippen LogP contribution >= 0.6 is 34.4 Å². The number of thioether (sulfide) groups is 1. The van der Waals surface area contributed by atoms with E-state index in [-0.39, 0.29) is 18.1 Å². The molecule has 7 nitrogen and oxygen atoms in total. The Bertz CT molecular complexity index is 1110. The summed E-state index contributed by atoms with van der Waals surface area (Å²) in [7, 11) is 0. The average molecular weight is 548 g/mol. The molecule has 0 N–H and O–H groups in total. The normalized spacial score (nSPS) is 14.6. The lowest BCUT2D eigenvalue weighted by molar-refractivity contribution is -0.145. The highest BCUT2D eigenvalue weighted by Gasteiger charge is 2.36. The van der Waals surface area contributed by atoms with Gasteiger partial charge in [0.2, 0.25) is 0 Å². The molecule has 1 fully saturated rings. The highest BCUT2D eigenvalue weighted by molar-refractivity contribution is 14.1. The van der Waals surface area contributed by atoms with Crippen molar-refractivity contribution in [2.75, 3.05) is 13.2 Å². The molecule has 1 saturated heterocycles. The Morgan fingerprint density at radius 1 is 1.26 bits per heavy atom. The Balaban J connectivity index is 1.70. The number of ether oxygens (including phenoxy) is 2. The number of hydrogen-bond acceptors (Lipinski definition) is 7. The predicted molar refractivity (Wildman–Crippen MR) is 124 cm³/mol. The standard InChI is InChI=1S/C22H17IN2O5S/c1-2-29-20(26)12-25-21(27)19(31-22(25)28)10-14-7-8-18(17(23)9-14)30-13-16-6-4-3-5-15(16)11-24/h3-10H,2,12-13H2,1H3/b19-10+. The van der Waals surface area contributed by atoms with Gasteiger partial charge in [-0.05, 0) is 71.1 Å². The molecule has 0 spiro atoms. The van der Waals surface area contributed by atoms with Crippen LogP contribution in [0.2, 0.25) is 0 Å². The highest BCUT2D eigenvalue weighted by Crippen LogP contribution is 2.33. The van der Waals surface area contributed by atoms with Gasteiger partial charge in [0.15, 0.2) is 0 Å². The number of nitrogens with zero attached hydrogens (tertiary/aromatic N) is 2. The van der Waals surface area contributed by atoms with E-state index in [9.17, 15) is 19.6 Å². The van der Waals surface area contributed by atoms with E-state index in [1.54, 1.807) is 37.3 Å². The molecule has 158 valence electrons.